The highest BCUT2D eigenvalue weighted by Crippen LogP contribution is 2.25. The number of aryl methyl sites for hydroxylation is 1. The van der Waals surface area contributed by atoms with Gasteiger partial charge in [0.2, 0.25) is 0 Å². The Bertz CT molecular complexity index is 783. The molecule has 0 aliphatic rings. The van der Waals surface area contributed by atoms with Crippen molar-refractivity contribution in [3.63, 3.8) is 0 Å². The maximum absolute atomic E-state index is 5.51. The highest BCUT2D eigenvalue weighted by Gasteiger charge is 2.09. The molecule has 21 heavy (non-hydrogen) atoms. The molecule has 6 nitrogen and oxygen atoms in total. The first-order valence-electron chi connectivity index (χ1n) is 6.26. The van der Waals surface area contributed by atoms with Crippen molar-refractivity contribution in [1.82, 2.24) is 19.7 Å². The molecule has 1 aromatic carbocycles. The largest absolute Gasteiger partial charge is 0.308 e. The zero-order valence-corrected chi connectivity index (χ0v) is 12.9. The summed E-state index contributed by atoms with van der Waals surface area (Å²) in [6.07, 6.45) is 3.65. The van der Waals surface area contributed by atoms with E-state index in [-0.39, 0.29) is 0 Å². The van der Waals surface area contributed by atoms with Crippen LogP contribution in [-0.2, 0) is 7.05 Å². The maximum Gasteiger partial charge on any atom is 0.162 e. The molecule has 0 aliphatic carbocycles. The Hall–Kier alpha value is -2.25. The van der Waals surface area contributed by atoms with E-state index in [4.69, 9.17) is 5.84 Å². The summed E-state index contributed by atoms with van der Waals surface area (Å²) in [5.41, 5.74) is 5.16. The molecule has 0 bridgehead atoms. The Balaban J connectivity index is 2.13. The molecule has 106 valence electrons. The molecule has 0 unspecified atom stereocenters. The van der Waals surface area contributed by atoms with Crippen LogP contribution in [0.15, 0.2) is 47.2 Å². The summed E-state index contributed by atoms with van der Waals surface area (Å²) in [5.74, 6) is 6.67. The van der Waals surface area contributed by atoms with Crippen LogP contribution in [0, 0.1) is 0 Å². The van der Waals surface area contributed by atoms with Crippen molar-refractivity contribution in [2.45, 2.75) is 0 Å². The van der Waals surface area contributed by atoms with Crippen LogP contribution in [0.25, 0.3) is 22.6 Å². The third kappa shape index (κ3) is 2.93. The number of nitrogen functional groups attached to an aromatic ring is 1. The molecule has 2 heterocycles. The SMILES string of the molecule is Cn1cc(-c2cc(NN)nc(-c3cccc(Br)c3)n2)cn1. The van der Waals surface area contributed by atoms with Crippen LogP contribution >= 0.6 is 15.9 Å². The van der Waals surface area contributed by atoms with Crippen molar-refractivity contribution < 1.29 is 0 Å². The monoisotopic (exact) mass is 344 g/mol. The minimum Gasteiger partial charge on any atom is -0.308 e. The Morgan fingerprint density at radius 3 is 2.71 bits per heavy atom. The molecule has 3 N–H and O–H groups in total. The quantitative estimate of drug-likeness (QED) is 0.563. The Kier molecular flexibility index (Phi) is 3.68. The fourth-order valence-corrected chi connectivity index (χ4v) is 2.38. The molecule has 0 aliphatic heterocycles. The van der Waals surface area contributed by atoms with Crippen molar-refractivity contribution in [1.29, 1.82) is 0 Å². The summed E-state index contributed by atoms with van der Waals surface area (Å²) in [4.78, 5) is 9.00. The molecule has 0 atom stereocenters. The van der Waals surface area contributed by atoms with Gasteiger partial charge in [-0.15, -0.1) is 0 Å². The van der Waals surface area contributed by atoms with E-state index in [1.54, 1.807) is 16.9 Å². The van der Waals surface area contributed by atoms with E-state index < -0.39 is 0 Å². The lowest BCUT2D eigenvalue weighted by Crippen LogP contribution is -2.09. The zero-order chi connectivity index (χ0) is 14.8. The Morgan fingerprint density at radius 2 is 2.05 bits per heavy atom. The number of anilines is 1. The molecule has 7 heteroatoms. The average molecular weight is 345 g/mol. The van der Waals surface area contributed by atoms with Crippen LogP contribution in [-0.4, -0.2) is 19.7 Å². The predicted octanol–water partition coefficient (Wildman–Crippen LogP) is 2.59. The Labute approximate surface area is 130 Å². The number of nitrogens with one attached hydrogen (secondary N) is 1. The Morgan fingerprint density at radius 1 is 1.19 bits per heavy atom. The molecular weight excluding hydrogens is 332 g/mol. The fourth-order valence-electron chi connectivity index (χ4n) is 1.98. The van der Waals surface area contributed by atoms with Gasteiger partial charge < -0.3 is 5.43 Å². The minimum atomic E-state index is 0.554. The second-order valence-electron chi connectivity index (χ2n) is 4.52. The lowest BCUT2D eigenvalue weighted by Gasteiger charge is -2.07. The number of benzene rings is 1. The van der Waals surface area contributed by atoms with Gasteiger partial charge in [-0.1, -0.05) is 28.1 Å². The summed E-state index contributed by atoms with van der Waals surface area (Å²) in [7, 11) is 1.86. The van der Waals surface area contributed by atoms with Gasteiger partial charge in [-0.25, -0.2) is 15.8 Å². The summed E-state index contributed by atoms with van der Waals surface area (Å²) in [6, 6.07) is 9.60. The summed E-state index contributed by atoms with van der Waals surface area (Å²) >= 11 is 3.45. The van der Waals surface area contributed by atoms with E-state index in [0.717, 1.165) is 21.3 Å². The molecular formula is C14H13BrN6. The number of hydrogen-bond acceptors (Lipinski definition) is 5. The molecule has 0 saturated carbocycles. The van der Waals surface area contributed by atoms with Gasteiger partial charge in [0, 0.05) is 34.9 Å². The number of halogens is 1. The number of nitrogens with two attached hydrogens (primary N) is 1. The van der Waals surface area contributed by atoms with E-state index >= 15 is 0 Å². The molecule has 2 aromatic heterocycles. The van der Waals surface area contributed by atoms with Crippen LogP contribution in [0.3, 0.4) is 0 Å². The van der Waals surface area contributed by atoms with Crippen molar-refractivity contribution in [3.8, 4) is 22.6 Å². The maximum atomic E-state index is 5.51. The van der Waals surface area contributed by atoms with Gasteiger partial charge in [0.15, 0.2) is 5.82 Å². The third-order valence-corrected chi connectivity index (χ3v) is 3.45. The molecule has 3 rings (SSSR count). The minimum absolute atomic E-state index is 0.554. The summed E-state index contributed by atoms with van der Waals surface area (Å²) in [6.45, 7) is 0. The summed E-state index contributed by atoms with van der Waals surface area (Å²) in [5, 5.41) is 4.16. The summed E-state index contributed by atoms with van der Waals surface area (Å²) < 4.78 is 2.70. The first-order chi connectivity index (χ1) is 10.2. The molecule has 0 radical (unpaired) electrons. The zero-order valence-electron chi connectivity index (χ0n) is 11.3. The van der Waals surface area contributed by atoms with E-state index in [2.05, 4.69) is 36.4 Å². The first kappa shape index (κ1) is 13.7. The molecule has 0 saturated heterocycles. The second kappa shape index (κ2) is 5.63. The van der Waals surface area contributed by atoms with Crippen LogP contribution in [0.5, 0.6) is 0 Å². The topological polar surface area (TPSA) is 81.7 Å². The number of nitrogens with zero attached hydrogens (tertiary/aromatic N) is 4. The van der Waals surface area contributed by atoms with Gasteiger partial charge in [0.25, 0.3) is 0 Å². The van der Waals surface area contributed by atoms with E-state index in [0.29, 0.717) is 11.6 Å². The van der Waals surface area contributed by atoms with E-state index in [9.17, 15) is 0 Å². The smallest absolute Gasteiger partial charge is 0.162 e. The lowest BCUT2D eigenvalue weighted by molar-refractivity contribution is 0.768. The molecule has 0 spiro atoms. The highest BCUT2D eigenvalue weighted by atomic mass is 79.9. The highest BCUT2D eigenvalue weighted by molar-refractivity contribution is 9.10. The number of hydrazine groups is 1. The average Bonchev–Trinajstić information content (AvgIpc) is 2.93. The molecule has 0 amide bonds. The van der Waals surface area contributed by atoms with Crippen molar-refractivity contribution in [2.24, 2.45) is 12.9 Å². The van der Waals surface area contributed by atoms with Gasteiger partial charge in [-0.05, 0) is 12.1 Å². The molecule has 3 aromatic rings. The van der Waals surface area contributed by atoms with E-state index in [1.807, 2.05) is 37.5 Å². The van der Waals surface area contributed by atoms with Gasteiger partial charge in [0.05, 0.1) is 11.9 Å². The standard InChI is InChI=1S/C14H13BrN6/c1-21-8-10(7-17-21)12-6-13(20-16)19-14(18-12)9-3-2-4-11(15)5-9/h2-8H,16H2,1H3,(H,18,19,20). The number of rotatable bonds is 3. The van der Waals surface area contributed by atoms with Crippen molar-refractivity contribution in [2.75, 3.05) is 5.43 Å². The number of aromatic nitrogens is 4. The van der Waals surface area contributed by atoms with Gasteiger partial charge in [-0.3, -0.25) is 4.68 Å². The second-order valence-corrected chi connectivity index (χ2v) is 5.44. The van der Waals surface area contributed by atoms with Crippen molar-refractivity contribution >= 4 is 21.7 Å². The first-order valence-corrected chi connectivity index (χ1v) is 7.05. The van der Waals surface area contributed by atoms with Crippen LogP contribution < -0.4 is 11.3 Å². The van der Waals surface area contributed by atoms with Crippen LogP contribution in [0.4, 0.5) is 5.82 Å². The predicted molar refractivity (Wildman–Crippen MR) is 85.2 cm³/mol. The number of hydrogen-bond donors (Lipinski definition) is 2. The van der Waals surface area contributed by atoms with Gasteiger partial charge in [-0.2, -0.15) is 5.10 Å². The van der Waals surface area contributed by atoms with Gasteiger partial charge in [0.1, 0.15) is 5.82 Å². The normalized spacial score (nSPS) is 10.6. The molecule has 0 fully saturated rings. The third-order valence-electron chi connectivity index (χ3n) is 2.96. The van der Waals surface area contributed by atoms with Crippen LogP contribution in [0.1, 0.15) is 0 Å². The van der Waals surface area contributed by atoms with E-state index in [1.165, 1.54) is 0 Å². The fraction of sp³-hybridized carbons (Fsp3) is 0.0714. The van der Waals surface area contributed by atoms with Crippen LogP contribution in [0.2, 0.25) is 0 Å². The van der Waals surface area contributed by atoms with Crippen molar-refractivity contribution in [3.05, 3.63) is 47.2 Å². The van der Waals surface area contributed by atoms with Gasteiger partial charge >= 0.3 is 0 Å². The lowest BCUT2D eigenvalue weighted by atomic mass is 10.2.